The average molecular weight is 174 g/mol. The fourth-order valence-electron chi connectivity index (χ4n) is 0.748. The van der Waals surface area contributed by atoms with Gasteiger partial charge < -0.3 is 9.84 Å². The minimum Gasteiger partial charge on any atom is -0.463 e. The van der Waals surface area contributed by atoms with Crippen LogP contribution in [0.1, 0.15) is 39.5 Å². The lowest BCUT2D eigenvalue weighted by Crippen LogP contribution is -2.13. The lowest BCUT2D eigenvalue weighted by molar-refractivity contribution is -0.148. The van der Waals surface area contributed by atoms with Crippen LogP contribution in [-0.4, -0.2) is 23.8 Å². The lowest BCUT2D eigenvalue weighted by Gasteiger charge is -2.09. The zero-order chi connectivity index (χ0) is 9.40. The molecule has 0 fully saturated rings. The van der Waals surface area contributed by atoms with Crippen molar-refractivity contribution in [3.63, 3.8) is 0 Å². The molecule has 0 spiro atoms. The number of hydrogen-bond donors (Lipinski definition) is 1. The van der Waals surface area contributed by atoms with Crippen molar-refractivity contribution < 1.29 is 14.6 Å². The van der Waals surface area contributed by atoms with E-state index in [-0.39, 0.29) is 18.7 Å². The standard InChI is InChI=1S/C9H18O3/c1-3-8(2)12-9(11)6-4-5-7-10/h8,10H,3-7H2,1-2H3. The van der Waals surface area contributed by atoms with Crippen LogP contribution in [0.3, 0.4) is 0 Å². The molecule has 0 aliphatic heterocycles. The topological polar surface area (TPSA) is 46.5 Å². The molecular weight excluding hydrogens is 156 g/mol. The summed E-state index contributed by atoms with van der Waals surface area (Å²) in [5.41, 5.74) is 0. The highest BCUT2D eigenvalue weighted by molar-refractivity contribution is 5.69. The maximum absolute atomic E-state index is 11.0. The first-order chi connectivity index (χ1) is 5.70. The van der Waals surface area contributed by atoms with Crippen LogP contribution in [0.4, 0.5) is 0 Å². The summed E-state index contributed by atoms with van der Waals surface area (Å²) < 4.78 is 5.03. The molecule has 0 rings (SSSR count). The third-order valence-corrected chi connectivity index (χ3v) is 1.70. The van der Waals surface area contributed by atoms with E-state index in [1.165, 1.54) is 0 Å². The number of carbonyl (C=O) groups is 1. The Morgan fingerprint density at radius 1 is 1.50 bits per heavy atom. The van der Waals surface area contributed by atoms with Crippen LogP contribution in [0.2, 0.25) is 0 Å². The number of rotatable bonds is 6. The minimum absolute atomic E-state index is 0.0200. The summed E-state index contributed by atoms with van der Waals surface area (Å²) in [6, 6.07) is 0. The summed E-state index contributed by atoms with van der Waals surface area (Å²) in [4.78, 5) is 11.0. The zero-order valence-corrected chi connectivity index (χ0v) is 7.88. The predicted molar refractivity (Wildman–Crippen MR) is 46.8 cm³/mol. The van der Waals surface area contributed by atoms with E-state index in [0.717, 1.165) is 6.42 Å². The molecule has 0 bridgehead atoms. The highest BCUT2D eigenvalue weighted by Crippen LogP contribution is 2.02. The Hall–Kier alpha value is -0.570. The lowest BCUT2D eigenvalue weighted by atomic mass is 10.2. The first-order valence-electron chi connectivity index (χ1n) is 4.51. The zero-order valence-electron chi connectivity index (χ0n) is 7.88. The van der Waals surface area contributed by atoms with Gasteiger partial charge in [0.25, 0.3) is 0 Å². The van der Waals surface area contributed by atoms with E-state index in [9.17, 15) is 4.79 Å². The first kappa shape index (κ1) is 11.4. The molecule has 0 aromatic carbocycles. The quantitative estimate of drug-likeness (QED) is 0.490. The van der Waals surface area contributed by atoms with Gasteiger partial charge in [-0.15, -0.1) is 0 Å². The van der Waals surface area contributed by atoms with E-state index >= 15 is 0 Å². The van der Waals surface area contributed by atoms with E-state index in [2.05, 4.69) is 0 Å². The molecule has 0 heterocycles. The van der Waals surface area contributed by atoms with E-state index < -0.39 is 0 Å². The molecule has 0 aliphatic rings. The molecule has 0 saturated heterocycles. The van der Waals surface area contributed by atoms with Gasteiger partial charge in [0.05, 0.1) is 6.10 Å². The van der Waals surface area contributed by atoms with Gasteiger partial charge in [0.2, 0.25) is 0 Å². The van der Waals surface area contributed by atoms with Crippen molar-refractivity contribution in [2.45, 2.75) is 45.6 Å². The smallest absolute Gasteiger partial charge is 0.306 e. The highest BCUT2D eigenvalue weighted by Gasteiger charge is 2.06. The third-order valence-electron chi connectivity index (χ3n) is 1.70. The van der Waals surface area contributed by atoms with Crippen LogP contribution in [0.15, 0.2) is 0 Å². The normalized spacial score (nSPS) is 12.6. The van der Waals surface area contributed by atoms with Crippen molar-refractivity contribution in [2.24, 2.45) is 0 Å². The molecule has 3 heteroatoms. The monoisotopic (exact) mass is 174 g/mol. The molecule has 0 amide bonds. The number of aliphatic hydroxyl groups excluding tert-OH is 1. The predicted octanol–water partition coefficient (Wildman–Crippen LogP) is 1.49. The molecule has 0 aliphatic carbocycles. The second-order valence-corrected chi connectivity index (χ2v) is 2.89. The van der Waals surface area contributed by atoms with Crippen molar-refractivity contribution in [2.75, 3.05) is 6.61 Å². The Labute approximate surface area is 73.7 Å². The van der Waals surface area contributed by atoms with Crippen LogP contribution in [0.25, 0.3) is 0 Å². The molecule has 0 saturated carbocycles. The van der Waals surface area contributed by atoms with Crippen LogP contribution >= 0.6 is 0 Å². The Balaban J connectivity index is 3.33. The third kappa shape index (κ3) is 6.16. The molecule has 72 valence electrons. The largest absolute Gasteiger partial charge is 0.463 e. The summed E-state index contributed by atoms with van der Waals surface area (Å²) >= 11 is 0. The van der Waals surface area contributed by atoms with Gasteiger partial charge in [-0.1, -0.05) is 6.92 Å². The molecule has 1 unspecified atom stereocenters. The van der Waals surface area contributed by atoms with Crippen molar-refractivity contribution in [1.29, 1.82) is 0 Å². The molecule has 0 aromatic heterocycles. The van der Waals surface area contributed by atoms with Crippen LogP contribution in [-0.2, 0) is 9.53 Å². The summed E-state index contributed by atoms with van der Waals surface area (Å²) in [6.07, 6.45) is 2.68. The SMILES string of the molecule is CCC(C)OC(=O)CCCCO. The van der Waals surface area contributed by atoms with E-state index in [4.69, 9.17) is 9.84 Å². The molecule has 3 nitrogen and oxygen atoms in total. The van der Waals surface area contributed by atoms with Gasteiger partial charge in [0.1, 0.15) is 0 Å². The first-order valence-corrected chi connectivity index (χ1v) is 4.51. The number of esters is 1. The molecule has 0 radical (unpaired) electrons. The van der Waals surface area contributed by atoms with Gasteiger partial charge in [-0.05, 0) is 26.2 Å². The van der Waals surface area contributed by atoms with Gasteiger partial charge in [-0.2, -0.15) is 0 Å². The van der Waals surface area contributed by atoms with E-state index in [1.807, 2.05) is 13.8 Å². The highest BCUT2D eigenvalue weighted by atomic mass is 16.5. The Morgan fingerprint density at radius 3 is 2.67 bits per heavy atom. The summed E-state index contributed by atoms with van der Waals surface area (Å²) in [6.45, 7) is 4.01. The van der Waals surface area contributed by atoms with Gasteiger partial charge >= 0.3 is 5.97 Å². The van der Waals surface area contributed by atoms with Crippen LogP contribution in [0, 0.1) is 0 Å². The van der Waals surface area contributed by atoms with Gasteiger partial charge in [0.15, 0.2) is 0 Å². The van der Waals surface area contributed by atoms with E-state index in [0.29, 0.717) is 19.3 Å². The van der Waals surface area contributed by atoms with Crippen molar-refractivity contribution in [1.82, 2.24) is 0 Å². The molecule has 12 heavy (non-hydrogen) atoms. The maximum atomic E-state index is 11.0. The fourth-order valence-corrected chi connectivity index (χ4v) is 0.748. The number of hydrogen-bond acceptors (Lipinski definition) is 3. The van der Waals surface area contributed by atoms with Crippen molar-refractivity contribution in [3.8, 4) is 0 Å². The van der Waals surface area contributed by atoms with Crippen LogP contribution < -0.4 is 0 Å². The number of ether oxygens (including phenoxy) is 1. The molecule has 1 atom stereocenters. The maximum Gasteiger partial charge on any atom is 0.306 e. The fraction of sp³-hybridized carbons (Fsp3) is 0.889. The second kappa shape index (κ2) is 7.10. The van der Waals surface area contributed by atoms with E-state index in [1.54, 1.807) is 0 Å². The Morgan fingerprint density at radius 2 is 2.17 bits per heavy atom. The second-order valence-electron chi connectivity index (χ2n) is 2.89. The number of aliphatic hydroxyl groups is 1. The molecule has 1 N–H and O–H groups in total. The van der Waals surface area contributed by atoms with Gasteiger partial charge in [0, 0.05) is 13.0 Å². The number of carbonyl (C=O) groups excluding carboxylic acids is 1. The Bertz CT molecular complexity index is 123. The molecule has 0 aromatic rings. The van der Waals surface area contributed by atoms with Crippen molar-refractivity contribution >= 4 is 5.97 Å². The summed E-state index contributed by atoms with van der Waals surface area (Å²) in [5, 5.41) is 8.46. The summed E-state index contributed by atoms with van der Waals surface area (Å²) in [5.74, 6) is -0.155. The number of unbranched alkanes of at least 4 members (excludes halogenated alkanes) is 1. The minimum atomic E-state index is -0.155. The van der Waals surface area contributed by atoms with Gasteiger partial charge in [-0.25, -0.2) is 0 Å². The molecular formula is C9H18O3. The van der Waals surface area contributed by atoms with Crippen LogP contribution in [0.5, 0.6) is 0 Å². The van der Waals surface area contributed by atoms with Gasteiger partial charge in [-0.3, -0.25) is 4.79 Å². The average Bonchev–Trinajstić information content (AvgIpc) is 2.05. The van der Waals surface area contributed by atoms with Crippen molar-refractivity contribution in [3.05, 3.63) is 0 Å². The summed E-state index contributed by atoms with van der Waals surface area (Å²) in [7, 11) is 0. The Kier molecular flexibility index (Phi) is 6.76.